The van der Waals surface area contributed by atoms with E-state index < -0.39 is 10.0 Å². The molecule has 1 amide bonds. The molecule has 0 bridgehead atoms. The number of carbonyl (C=O) groups excluding carboxylic acids is 1. The van der Waals surface area contributed by atoms with Crippen LogP contribution >= 0.6 is 0 Å². The van der Waals surface area contributed by atoms with Crippen LogP contribution in [-0.4, -0.2) is 20.9 Å². The Morgan fingerprint density at radius 3 is 2.36 bits per heavy atom. The predicted molar refractivity (Wildman–Crippen MR) is 98.9 cm³/mol. The van der Waals surface area contributed by atoms with Gasteiger partial charge in [0.15, 0.2) is 0 Å². The van der Waals surface area contributed by atoms with Crippen LogP contribution in [0.2, 0.25) is 0 Å². The number of carbonyl (C=O) groups is 1. The van der Waals surface area contributed by atoms with E-state index in [1.165, 1.54) is 24.3 Å². The Bertz CT molecular complexity index is 815. The first kappa shape index (κ1) is 19.1. The molecule has 0 radical (unpaired) electrons. The van der Waals surface area contributed by atoms with E-state index in [0.29, 0.717) is 12.1 Å². The molecule has 0 atom stereocenters. The molecule has 5 nitrogen and oxygen atoms in total. The minimum atomic E-state index is -3.62. The summed E-state index contributed by atoms with van der Waals surface area (Å²) >= 11 is 0. The Balaban J connectivity index is 2.02. The Morgan fingerprint density at radius 1 is 1.04 bits per heavy atom. The first-order valence-electron chi connectivity index (χ1n) is 8.36. The maximum absolute atomic E-state index is 12.4. The molecule has 0 aliphatic carbocycles. The number of nitrogens with one attached hydrogen (secondary N) is 2. The van der Waals surface area contributed by atoms with Gasteiger partial charge in [0.05, 0.1) is 4.90 Å². The molecule has 25 heavy (non-hydrogen) atoms. The highest BCUT2D eigenvalue weighted by Crippen LogP contribution is 2.13. The molecule has 2 N–H and O–H groups in total. The van der Waals surface area contributed by atoms with Crippen LogP contribution in [0.5, 0.6) is 0 Å². The molecular formula is C19H24N2O3S. The van der Waals surface area contributed by atoms with Crippen LogP contribution in [0.4, 0.5) is 0 Å². The molecule has 0 spiro atoms. The number of hydrogen-bond donors (Lipinski definition) is 2. The fraction of sp³-hybridized carbons (Fsp3) is 0.316. The normalized spacial score (nSPS) is 11.3. The first-order valence-corrected chi connectivity index (χ1v) is 9.85. The molecule has 2 aromatic carbocycles. The average molecular weight is 360 g/mol. The van der Waals surface area contributed by atoms with E-state index in [9.17, 15) is 13.2 Å². The van der Waals surface area contributed by atoms with E-state index in [1.54, 1.807) is 0 Å². The number of benzene rings is 2. The van der Waals surface area contributed by atoms with Crippen LogP contribution in [-0.2, 0) is 16.6 Å². The van der Waals surface area contributed by atoms with Crippen LogP contribution in [0.3, 0.4) is 0 Å². The largest absolute Gasteiger partial charge is 0.352 e. The molecule has 0 saturated heterocycles. The summed E-state index contributed by atoms with van der Waals surface area (Å²) in [7, 11) is -3.62. The van der Waals surface area contributed by atoms with Crippen molar-refractivity contribution in [3.63, 3.8) is 0 Å². The summed E-state index contributed by atoms with van der Waals surface area (Å²) in [5.74, 6) is -0.190. The van der Waals surface area contributed by atoms with Gasteiger partial charge >= 0.3 is 0 Å². The number of sulfonamides is 1. The fourth-order valence-electron chi connectivity index (χ4n) is 2.33. The first-order chi connectivity index (χ1) is 11.9. The zero-order valence-electron chi connectivity index (χ0n) is 14.6. The Kier molecular flexibility index (Phi) is 6.73. The van der Waals surface area contributed by atoms with Crippen LogP contribution in [0.1, 0.15) is 41.3 Å². The highest BCUT2D eigenvalue weighted by Gasteiger charge is 2.15. The molecule has 0 aromatic heterocycles. The highest BCUT2D eigenvalue weighted by atomic mass is 32.2. The van der Waals surface area contributed by atoms with Gasteiger partial charge in [-0.1, -0.05) is 37.6 Å². The van der Waals surface area contributed by atoms with Crippen molar-refractivity contribution in [2.45, 2.75) is 38.1 Å². The van der Waals surface area contributed by atoms with Gasteiger partial charge in [0.25, 0.3) is 5.91 Å². The lowest BCUT2D eigenvalue weighted by molar-refractivity contribution is 0.0953. The van der Waals surface area contributed by atoms with Crippen LogP contribution in [0, 0.1) is 6.92 Å². The number of hydrogen-bond acceptors (Lipinski definition) is 3. The van der Waals surface area contributed by atoms with Crippen molar-refractivity contribution in [1.29, 1.82) is 0 Å². The number of aryl methyl sites for hydroxylation is 1. The van der Waals surface area contributed by atoms with E-state index in [2.05, 4.69) is 17.0 Å². The summed E-state index contributed by atoms with van der Waals surface area (Å²) in [6.45, 7) is 4.84. The highest BCUT2D eigenvalue weighted by molar-refractivity contribution is 7.89. The van der Waals surface area contributed by atoms with Crippen LogP contribution < -0.4 is 10.0 Å². The van der Waals surface area contributed by atoms with Gasteiger partial charge in [-0.25, -0.2) is 13.1 Å². The van der Waals surface area contributed by atoms with Gasteiger partial charge in [0.1, 0.15) is 0 Å². The molecule has 0 heterocycles. The quantitative estimate of drug-likeness (QED) is 0.711. The lowest BCUT2D eigenvalue weighted by Gasteiger charge is -2.10. The molecule has 2 rings (SSSR count). The van der Waals surface area contributed by atoms with Crippen molar-refractivity contribution in [2.24, 2.45) is 0 Å². The number of unbranched alkanes of at least 4 members (excludes halogenated alkanes) is 1. The summed E-state index contributed by atoms with van der Waals surface area (Å²) in [5.41, 5.74) is 2.41. The van der Waals surface area contributed by atoms with E-state index >= 15 is 0 Å². The van der Waals surface area contributed by atoms with E-state index in [-0.39, 0.29) is 17.3 Å². The SMILES string of the molecule is CCCCNC(=O)c1ccc(S(=O)(=O)NCc2ccccc2C)cc1. The summed E-state index contributed by atoms with van der Waals surface area (Å²) < 4.78 is 27.4. The maximum Gasteiger partial charge on any atom is 0.251 e. The summed E-state index contributed by atoms with van der Waals surface area (Å²) in [5, 5.41) is 2.81. The van der Waals surface area contributed by atoms with E-state index in [4.69, 9.17) is 0 Å². The Morgan fingerprint density at radius 2 is 1.72 bits per heavy atom. The molecule has 6 heteroatoms. The molecule has 2 aromatic rings. The fourth-order valence-corrected chi connectivity index (χ4v) is 3.34. The summed E-state index contributed by atoms with van der Waals surface area (Å²) in [6, 6.07) is 13.6. The van der Waals surface area contributed by atoms with Crippen molar-refractivity contribution in [3.05, 3.63) is 65.2 Å². The Hall–Kier alpha value is -2.18. The third-order valence-electron chi connectivity index (χ3n) is 3.96. The van der Waals surface area contributed by atoms with Gasteiger partial charge < -0.3 is 5.32 Å². The lowest BCUT2D eigenvalue weighted by Crippen LogP contribution is -2.25. The smallest absolute Gasteiger partial charge is 0.251 e. The third kappa shape index (κ3) is 5.41. The third-order valence-corrected chi connectivity index (χ3v) is 5.37. The molecular weight excluding hydrogens is 336 g/mol. The van der Waals surface area contributed by atoms with Gasteiger partial charge in [-0.3, -0.25) is 4.79 Å². The molecule has 0 saturated carbocycles. The zero-order chi connectivity index (χ0) is 18.3. The van der Waals surface area contributed by atoms with E-state index in [1.807, 2.05) is 31.2 Å². The topological polar surface area (TPSA) is 75.3 Å². The van der Waals surface area contributed by atoms with Crippen LogP contribution in [0.25, 0.3) is 0 Å². The second-order valence-corrected chi connectivity index (χ2v) is 7.65. The number of rotatable bonds is 8. The molecule has 0 fully saturated rings. The molecule has 134 valence electrons. The average Bonchev–Trinajstić information content (AvgIpc) is 2.61. The van der Waals surface area contributed by atoms with Gasteiger partial charge in [0.2, 0.25) is 10.0 Å². The van der Waals surface area contributed by atoms with Crippen molar-refractivity contribution in [3.8, 4) is 0 Å². The second-order valence-electron chi connectivity index (χ2n) is 5.88. The van der Waals surface area contributed by atoms with Gasteiger partial charge in [0, 0.05) is 18.7 Å². The molecule has 0 aliphatic heterocycles. The number of amides is 1. The monoisotopic (exact) mass is 360 g/mol. The minimum absolute atomic E-state index is 0.145. The second kappa shape index (κ2) is 8.78. The molecule has 0 unspecified atom stereocenters. The van der Waals surface area contributed by atoms with Gasteiger partial charge in [-0.2, -0.15) is 0 Å². The lowest BCUT2D eigenvalue weighted by atomic mass is 10.1. The maximum atomic E-state index is 12.4. The van der Waals surface area contributed by atoms with Crippen molar-refractivity contribution < 1.29 is 13.2 Å². The minimum Gasteiger partial charge on any atom is -0.352 e. The van der Waals surface area contributed by atoms with Gasteiger partial charge in [-0.05, 0) is 48.7 Å². The predicted octanol–water partition coefficient (Wildman–Crippen LogP) is 3.00. The summed E-state index contributed by atoms with van der Waals surface area (Å²) in [4.78, 5) is 12.1. The molecule has 0 aliphatic rings. The van der Waals surface area contributed by atoms with E-state index in [0.717, 1.165) is 24.0 Å². The standard InChI is InChI=1S/C19H24N2O3S/c1-3-4-13-20-19(22)16-9-11-18(12-10-16)25(23,24)21-14-17-8-6-5-7-15(17)2/h5-12,21H,3-4,13-14H2,1-2H3,(H,20,22). The van der Waals surface area contributed by atoms with Crippen molar-refractivity contribution >= 4 is 15.9 Å². The Labute approximate surface area is 149 Å². The zero-order valence-corrected chi connectivity index (χ0v) is 15.4. The van der Waals surface area contributed by atoms with Crippen LogP contribution in [0.15, 0.2) is 53.4 Å². The van der Waals surface area contributed by atoms with Crippen molar-refractivity contribution in [2.75, 3.05) is 6.54 Å². The summed E-state index contributed by atoms with van der Waals surface area (Å²) in [6.07, 6.45) is 1.92. The van der Waals surface area contributed by atoms with Gasteiger partial charge in [-0.15, -0.1) is 0 Å². The van der Waals surface area contributed by atoms with Crippen molar-refractivity contribution in [1.82, 2.24) is 10.0 Å².